The summed E-state index contributed by atoms with van der Waals surface area (Å²) in [7, 11) is 0. The molecule has 0 aromatic rings. The van der Waals surface area contributed by atoms with Crippen LogP contribution in [0.25, 0.3) is 0 Å². The Morgan fingerprint density at radius 2 is 2.36 bits per heavy atom. The van der Waals surface area contributed by atoms with E-state index in [1.54, 1.807) is 0 Å². The minimum Gasteiger partial charge on any atom is -0.0839 e. The van der Waals surface area contributed by atoms with Gasteiger partial charge in [-0.25, -0.2) is 0 Å². The fourth-order valence-corrected chi connectivity index (χ4v) is 1.43. The molecule has 0 saturated heterocycles. The van der Waals surface area contributed by atoms with Crippen LogP contribution in [0.2, 0.25) is 0 Å². The van der Waals surface area contributed by atoms with Gasteiger partial charge in [-0.15, -0.1) is 0 Å². The van der Waals surface area contributed by atoms with E-state index in [1.807, 2.05) is 0 Å². The first-order valence-corrected chi connectivity index (χ1v) is 4.40. The zero-order valence-corrected chi connectivity index (χ0v) is 7.43. The van der Waals surface area contributed by atoms with E-state index in [0.717, 1.165) is 6.42 Å². The van der Waals surface area contributed by atoms with Crippen molar-refractivity contribution in [2.45, 2.75) is 33.1 Å². The van der Waals surface area contributed by atoms with E-state index in [-0.39, 0.29) is 0 Å². The Hall–Kier alpha value is -0.780. The maximum Gasteiger partial charge on any atom is -0.0271 e. The van der Waals surface area contributed by atoms with Crippen LogP contribution in [0.3, 0.4) is 0 Å². The van der Waals surface area contributed by atoms with Crippen molar-refractivity contribution >= 4 is 0 Å². The number of hydrogen-bond donors (Lipinski definition) is 0. The second-order valence-electron chi connectivity index (χ2n) is 2.81. The molecule has 0 spiro atoms. The second kappa shape index (κ2) is 4.17. The van der Waals surface area contributed by atoms with Crippen molar-refractivity contribution in [3.63, 3.8) is 0 Å². The smallest absolute Gasteiger partial charge is 0.0271 e. The van der Waals surface area contributed by atoms with Gasteiger partial charge in [0.1, 0.15) is 0 Å². The monoisotopic (exact) mass is 148 g/mol. The lowest BCUT2D eigenvalue weighted by Gasteiger charge is -2.08. The summed E-state index contributed by atoms with van der Waals surface area (Å²) in [6, 6.07) is 0. The first-order chi connectivity index (χ1) is 5.38. The number of allylic oxidation sites excluding steroid dienone is 6. The van der Waals surface area contributed by atoms with Crippen molar-refractivity contribution in [3.8, 4) is 0 Å². The van der Waals surface area contributed by atoms with Gasteiger partial charge in [-0.05, 0) is 37.3 Å². The third-order valence-corrected chi connectivity index (χ3v) is 2.10. The Kier molecular flexibility index (Phi) is 3.15. The van der Waals surface area contributed by atoms with Crippen LogP contribution in [-0.4, -0.2) is 0 Å². The summed E-state index contributed by atoms with van der Waals surface area (Å²) >= 11 is 0. The van der Waals surface area contributed by atoms with Crippen LogP contribution in [0.1, 0.15) is 33.1 Å². The van der Waals surface area contributed by atoms with Crippen LogP contribution in [-0.2, 0) is 0 Å². The second-order valence-corrected chi connectivity index (χ2v) is 2.81. The van der Waals surface area contributed by atoms with Gasteiger partial charge in [0.15, 0.2) is 0 Å². The molecule has 0 N–H and O–H groups in total. The highest BCUT2D eigenvalue weighted by Crippen LogP contribution is 2.19. The Bertz CT molecular complexity index is 204. The number of rotatable bonds is 2. The molecule has 0 aromatic heterocycles. The summed E-state index contributed by atoms with van der Waals surface area (Å²) < 4.78 is 0. The summed E-state index contributed by atoms with van der Waals surface area (Å²) in [6.07, 6.45) is 12.6. The van der Waals surface area contributed by atoms with Gasteiger partial charge in [-0.3, -0.25) is 0 Å². The first kappa shape index (κ1) is 8.32. The highest BCUT2D eigenvalue weighted by molar-refractivity contribution is 5.40. The lowest BCUT2D eigenvalue weighted by molar-refractivity contribution is 1.00. The van der Waals surface area contributed by atoms with Crippen LogP contribution in [0, 0.1) is 0 Å². The van der Waals surface area contributed by atoms with E-state index in [9.17, 15) is 0 Å². The van der Waals surface area contributed by atoms with Crippen LogP contribution in [0.15, 0.2) is 35.5 Å². The molecule has 0 bridgehead atoms. The number of hydrogen-bond acceptors (Lipinski definition) is 0. The van der Waals surface area contributed by atoms with Gasteiger partial charge < -0.3 is 0 Å². The van der Waals surface area contributed by atoms with Crippen molar-refractivity contribution in [2.75, 3.05) is 0 Å². The Morgan fingerprint density at radius 1 is 1.55 bits per heavy atom. The molecule has 1 aliphatic carbocycles. The lowest BCUT2D eigenvalue weighted by atomic mass is 9.98. The van der Waals surface area contributed by atoms with Gasteiger partial charge in [0.05, 0.1) is 0 Å². The summed E-state index contributed by atoms with van der Waals surface area (Å²) in [5.74, 6) is 0. The predicted octanol–water partition coefficient (Wildman–Crippen LogP) is 3.62. The molecule has 1 rings (SSSR count). The van der Waals surface area contributed by atoms with Crippen LogP contribution >= 0.6 is 0 Å². The molecule has 0 amide bonds. The van der Waals surface area contributed by atoms with Gasteiger partial charge in [-0.2, -0.15) is 0 Å². The molecule has 11 heavy (non-hydrogen) atoms. The fourth-order valence-electron chi connectivity index (χ4n) is 1.43. The molecular formula is C11H16. The molecule has 0 aliphatic heterocycles. The van der Waals surface area contributed by atoms with Gasteiger partial charge in [0.25, 0.3) is 0 Å². The van der Waals surface area contributed by atoms with E-state index in [0.29, 0.717) is 0 Å². The Morgan fingerprint density at radius 3 is 2.82 bits per heavy atom. The van der Waals surface area contributed by atoms with Crippen LogP contribution in [0.4, 0.5) is 0 Å². The average molecular weight is 148 g/mol. The molecule has 0 heteroatoms. The average Bonchev–Trinajstić information content (AvgIpc) is 2.09. The lowest BCUT2D eigenvalue weighted by Crippen LogP contribution is -1.88. The predicted molar refractivity (Wildman–Crippen MR) is 50.5 cm³/mol. The molecule has 0 fully saturated rings. The van der Waals surface area contributed by atoms with Gasteiger partial charge in [0.2, 0.25) is 0 Å². The molecule has 0 atom stereocenters. The molecule has 0 unspecified atom stereocenters. The summed E-state index contributed by atoms with van der Waals surface area (Å²) in [5.41, 5.74) is 2.90. The quantitative estimate of drug-likeness (QED) is 0.561. The van der Waals surface area contributed by atoms with E-state index in [4.69, 9.17) is 0 Å². The van der Waals surface area contributed by atoms with Gasteiger partial charge in [0, 0.05) is 0 Å². The standard InChI is InChI=1S/C11H16/c1-3-10(4-2)11-8-6-5-7-9-11/h3,6,8-9H,4-5,7H2,1-2H3/b10-3-. The minimum atomic E-state index is 1.15. The van der Waals surface area contributed by atoms with E-state index < -0.39 is 0 Å². The third kappa shape index (κ3) is 2.07. The van der Waals surface area contributed by atoms with E-state index in [1.165, 1.54) is 24.0 Å². The summed E-state index contributed by atoms with van der Waals surface area (Å²) in [6.45, 7) is 4.32. The molecule has 0 aromatic carbocycles. The van der Waals surface area contributed by atoms with Gasteiger partial charge >= 0.3 is 0 Å². The van der Waals surface area contributed by atoms with E-state index in [2.05, 4.69) is 38.2 Å². The molecule has 0 heterocycles. The normalized spacial score (nSPS) is 18.4. The van der Waals surface area contributed by atoms with E-state index >= 15 is 0 Å². The molecule has 1 aliphatic rings. The molecule has 60 valence electrons. The van der Waals surface area contributed by atoms with Crippen molar-refractivity contribution in [1.82, 2.24) is 0 Å². The maximum absolute atomic E-state index is 2.33. The molecular weight excluding hydrogens is 132 g/mol. The topological polar surface area (TPSA) is 0 Å². The SMILES string of the molecule is C/C=C(/CC)C1=CCCC=C1. The third-order valence-electron chi connectivity index (χ3n) is 2.10. The summed E-state index contributed by atoms with van der Waals surface area (Å²) in [4.78, 5) is 0. The summed E-state index contributed by atoms with van der Waals surface area (Å²) in [5, 5.41) is 0. The Balaban J connectivity index is 2.73. The zero-order valence-electron chi connectivity index (χ0n) is 7.43. The van der Waals surface area contributed by atoms with Crippen LogP contribution < -0.4 is 0 Å². The molecule has 0 nitrogen and oxygen atoms in total. The zero-order chi connectivity index (χ0) is 8.10. The van der Waals surface area contributed by atoms with Crippen LogP contribution in [0.5, 0.6) is 0 Å². The molecule has 0 radical (unpaired) electrons. The van der Waals surface area contributed by atoms with Crippen molar-refractivity contribution < 1.29 is 0 Å². The highest BCUT2D eigenvalue weighted by atomic mass is 14.1. The largest absolute Gasteiger partial charge is 0.0839 e. The highest BCUT2D eigenvalue weighted by Gasteiger charge is 2.00. The van der Waals surface area contributed by atoms with Gasteiger partial charge in [-0.1, -0.05) is 31.2 Å². The molecule has 0 saturated carbocycles. The van der Waals surface area contributed by atoms with Crippen molar-refractivity contribution in [3.05, 3.63) is 35.5 Å². The fraction of sp³-hybridized carbons (Fsp3) is 0.455. The minimum absolute atomic E-state index is 1.15. The maximum atomic E-state index is 2.33. The van der Waals surface area contributed by atoms with Crippen molar-refractivity contribution in [2.24, 2.45) is 0 Å². The van der Waals surface area contributed by atoms with Crippen molar-refractivity contribution in [1.29, 1.82) is 0 Å². The Labute approximate surface area is 69.3 Å². The first-order valence-electron chi connectivity index (χ1n) is 4.40.